The molecule has 4 rings (SSSR count). The molecule has 0 bridgehead atoms. The molecule has 1 heterocycles. The summed E-state index contributed by atoms with van der Waals surface area (Å²) in [4.78, 5) is 17.4. The van der Waals surface area contributed by atoms with E-state index < -0.39 is 0 Å². The summed E-state index contributed by atoms with van der Waals surface area (Å²) >= 11 is 1.61. The number of aryl methyl sites for hydroxylation is 2. The van der Waals surface area contributed by atoms with Crippen molar-refractivity contribution in [2.45, 2.75) is 39.3 Å². The Labute approximate surface area is 170 Å². The predicted octanol–water partition coefficient (Wildman–Crippen LogP) is 5.57. The lowest BCUT2D eigenvalue weighted by molar-refractivity contribution is 0.0695. The maximum Gasteiger partial charge on any atom is 0.264 e. The number of thiophene rings is 1. The third-order valence-electron chi connectivity index (χ3n) is 5.33. The van der Waals surface area contributed by atoms with Crippen LogP contribution in [-0.4, -0.2) is 24.0 Å². The number of fused-ring (bicyclic) bond motifs is 3. The normalized spacial score (nSPS) is 12.4. The summed E-state index contributed by atoms with van der Waals surface area (Å²) in [5.74, 6) is 0.975. The maximum absolute atomic E-state index is 13.4. The van der Waals surface area contributed by atoms with E-state index in [1.54, 1.807) is 18.4 Å². The summed E-state index contributed by atoms with van der Waals surface area (Å²) in [5.41, 5.74) is 4.97. The standard InChI is InChI=1S/C24H25NO2S/c1-16(2)25(15-17-7-5-4-6-8-17)24(26)22-13-19-10-9-18-11-12-20(27-3)14-21(18)23(19)28-22/h4-8,11-14,16H,9-10,15H2,1-3H3. The molecular formula is C24H25NO2S. The molecule has 0 saturated heterocycles. The SMILES string of the molecule is COc1ccc2c(c1)-c1sc(C(=O)N(Cc3ccccc3)C(C)C)cc1CC2. The van der Waals surface area contributed by atoms with Crippen LogP contribution in [0.4, 0.5) is 0 Å². The molecule has 1 amide bonds. The van der Waals surface area contributed by atoms with E-state index in [4.69, 9.17) is 4.74 Å². The molecule has 1 aliphatic rings. The van der Waals surface area contributed by atoms with Crippen LogP contribution in [0.2, 0.25) is 0 Å². The average molecular weight is 392 g/mol. The monoisotopic (exact) mass is 391 g/mol. The first-order valence-corrected chi connectivity index (χ1v) is 10.5. The minimum atomic E-state index is 0.114. The molecule has 28 heavy (non-hydrogen) atoms. The number of rotatable bonds is 5. The van der Waals surface area contributed by atoms with E-state index in [2.05, 4.69) is 44.2 Å². The average Bonchev–Trinajstić information content (AvgIpc) is 3.16. The summed E-state index contributed by atoms with van der Waals surface area (Å²) in [6.45, 7) is 4.79. The molecule has 0 saturated carbocycles. The smallest absolute Gasteiger partial charge is 0.264 e. The van der Waals surface area contributed by atoms with Gasteiger partial charge in [0.25, 0.3) is 5.91 Å². The first-order valence-electron chi connectivity index (χ1n) is 9.71. The lowest BCUT2D eigenvalue weighted by atomic mass is 9.91. The van der Waals surface area contributed by atoms with Crippen LogP contribution in [0, 0.1) is 0 Å². The molecule has 0 aliphatic heterocycles. The van der Waals surface area contributed by atoms with Gasteiger partial charge in [-0.25, -0.2) is 0 Å². The van der Waals surface area contributed by atoms with Crippen molar-refractivity contribution >= 4 is 17.2 Å². The van der Waals surface area contributed by atoms with Crippen LogP contribution in [0.5, 0.6) is 5.75 Å². The number of hydrogen-bond donors (Lipinski definition) is 0. The van der Waals surface area contributed by atoms with Crippen molar-refractivity contribution in [3.8, 4) is 16.2 Å². The minimum absolute atomic E-state index is 0.114. The third kappa shape index (κ3) is 3.57. The second-order valence-corrected chi connectivity index (χ2v) is 8.55. The van der Waals surface area contributed by atoms with Gasteiger partial charge in [-0.1, -0.05) is 36.4 Å². The van der Waals surface area contributed by atoms with Gasteiger partial charge in [0.15, 0.2) is 0 Å². The molecule has 2 aromatic carbocycles. The van der Waals surface area contributed by atoms with Gasteiger partial charge >= 0.3 is 0 Å². The van der Waals surface area contributed by atoms with Crippen molar-refractivity contribution in [2.75, 3.05) is 7.11 Å². The summed E-state index contributed by atoms with van der Waals surface area (Å²) in [6, 6.07) is 18.7. The third-order valence-corrected chi connectivity index (χ3v) is 6.52. The van der Waals surface area contributed by atoms with Gasteiger partial charge in [0.1, 0.15) is 5.75 Å². The van der Waals surface area contributed by atoms with Crippen LogP contribution < -0.4 is 4.74 Å². The fourth-order valence-electron chi connectivity index (χ4n) is 3.74. The van der Waals surface area contributed by atoms with Gasteiger partial charge in [0.05, 0.1) is 12.0 Å². The van der Waals surface area contributed by atoms with Gasteiger partial charge in [-0.2, -0.15) is 0 Å². The number of carbonyl (C=O) groups excluding carboxylic acids is 1. The molecule has 1 aromatic heterocycles. The van der Waals surface area contributed by atoms with Crippen LogP contribution in [0.3, 0.4) is 0 Å². The fraction of sp³-hybridized carbons (Fsp3) is 0.292. The van der Waals surface area contributed by atoms with E-state index in [0.717, 1.165) is 29.0 Å². The second-order valence-electron chi connectivity index (χ2n) is 7.50. The van der Waals surface area contributed by atoms with Crippen molar-refractivity contribution in [3.05, 3.63) is 76.2 Å². The van der Waals surface area contributed by atoms with Crippen molar-refractivity contribution in [2.24, 2.45) is 0 Å². The van der Waals surface area contributed by atoms with E-state index in [9.17, 15) is 4.79 Å². The molecule has 3 nitrogen and oxygen atoms in total. The number of ether oxygens (including phenoxy) is 1. The zero-order valence-corrected chi connectivity index (χ0v) is 17.4. The molecule has 4 heteroatoms. The van der Waals surface area contributed by atoms with Crippen LogP contribution in [-0.2, 0) is 19.4 Å². The van der Waals surface area contributed by atoms with E-state index in [1.807, 2.05) is 29.2 Å². The number of amides is 1. The Balaban J connectivity index is 1.66. The van der Waals surface area contributed by atoms with Gasteiger partial charge in [-0.15, -0.1) is 11.3 Å². The molecule has 0 fully saturated rings. The molecular weight excluding hydrogens is 366 g/mol. The van der Waals surface area contributed by atoms with Crippen molar-refractivity contribution in [1.29, 1.82) is 0 Å². The molecule has 0 atom stereocenters. The highest BCUT2D eigenvalue weighted by atomic mass is 32.1. The largest absolute Gasteiger partial charge is 0.497 e. The second kappa shape index (κ2) is 7.80. The first-order chi connectivity index (χ1) is 13.6. The first kappa shape index (κ1) is 18.8. The highest BCUT2D eigenvalue weighted by Crippen LogP contribution is 2.41. The summed E-state index contributed by atoms with van der Waals surface area (Å²) in [6.07, 6.45) is 1.99. The Morgan fingerprint density at radius 2 is 1.82 bits per heavy atom. The Morgan fingerprint density at radius 1 is 1.07 bits per heavy atom. The highest BCUT2D eigenvalue weighted by molar-refractivity contribution is 7.17. The zero-order chi connectivity index (χ0) is 19.7. The molecule has 144 valence electrons. The summed E-state index contributed by atoms with van der Waals surface area (Å²) in [5, 5.41) is 0. The van der Waals surface area contributed by atoms with Crippen molar-refractivity contribution < 1.29 is 9.53 Å². The van der Waals surface area contributed by atoms with E-state index in [-0.39, 0.29) is 11.9 Å². The van der Waals surface area contributed by atoms with Gasteiger partial charge in [0.2, 0.25) is 0 Å². The molecule has 1 aliphatic carbocycles. The van der Waals surface area contributed by atoms with E-state index in [1.165, 1.54) is 21.6 Å². The minimum Gasteiger partial charge on any atom is -0.497 e. The number of nitrogens with zero attached hydrogens (tertiary/aromatic N) is 1. The topological polar surface area (TPSA) is 29.5 Å². The Bertz CT molecular complexity index is 991. The van der Waals surface area contributed by atoms with Crippen LogP contribution in [0.15, 0.2) is 54.6 Å². The van der Waals surface area contributed by atoms with E-state index in [0.29, 0.717) is 6.54 Å². The quantitative estimate of drug-likeness (QED) is 0.569. The number of carbonyl (C=O) groups is 1. The van der Waals surface area contributed by atoms with Crippen LogP contribution in [0.1, 0.15) is 40.2 Å². The van der Waals surface area contributed by atoms with Gasteiger partial charge in [0, 0.05) is 17.5 Å². The highest BCUT2D eigenvalue weighted by Gasteiger charge is 2.26. The van der Waals surface area contributed by atoms with Crippen molar-refractivity contribution in [3.63, 3.8) is 0 Å². The molecule has 3 aromatic rings. The number of methoxy groups -OCH3 is 1. The fourth-order valence-corrected chi connectivity index (χ4v) is 4.96. The molecule has 0 spiro atoms. The maximum atomic E-state index is 13.4. The van der Waals surface area contributed by atoms with Gasteiger partial charge in [-0.3, -0.25) is 4.79 Å². The summed E-state index contributed by atoms with van der Waals surface area (Å²) in [7, 11) is 1.69. The van der Waals surface area contributed by atoms with Gasteiger partial charge < -0.3 is 9.64 Å². The van der Waals surface area contributed by atoms with E-state index >= 15 is 0 Å². The molecule has 0 N–H and O–H groups in total. The zero-order valence-electron chi connectivity index (χ0n) is 16.6. The van der Waals surface area contributed by atoms with Gasteiger partial charge in [-0.05, 0) is 67.1 Å². The van der Waals surface area contributed by atoms with Crippen LogP contribution in [0.25, 0.3) is 10.4 Å². The summed E-state index contributed by atoms with van der Waals surface area (Å²) < 4.78 is 5.42. The number of hydrogen-bond acceptors (Lipinski definition) is 3. The number of benzene rings is 2. The Morgan fingerprint density at radius 3 is 2.54 bits per heavy atom. The Kier molecular flexibility index (Phi) is 5.23. The lowest BCUT2D eigenvalue weighted by Crippen LogP contribution is -2.35. The van der Waals surface area contributed by atoms with Crippen molar-refractivity contribution in [1.82, 2.24) is 4.90 Å². The Hall–Kier alpha value is -2.59. The lowest BCUT2D eigenvalue weighted by Gasteiger charge is -2.26. The predicted molar refractivity (Wildman–Crippen MR) is 115 cm³/mol. The molecule has 0 radical (unpaired) electrons. The molecule has 0 unspecified atom stereocenters. The van der Waals surface area contributed by atoms with Crippen LogP contribution >= 0.6 is 11.3 Å².